The summed E-state index contributed by atoms with van der Waals surface area (Å²) in [6, 6.07) is 12.3. The van der Waals surface area contributed by atoms with Crippen LogP contribution in [0.1, 0.15) is 29.0 Å². The number of benzene rings is 2. The first-order valence-corrected chi connectivity index (χ1v) is 8.23. The maximum atomic E-state index is 12.9. The molecule has 1 amide bonds. The number of fused-ring (bicyclic) bond motifs is 1. The van der Waals surface area contributed by atoms with Crippen LogP contribution in [-0.2, 0) is 22.7 Å². The van der Waals surface area contributed by atoms with E-state index in [9.17, 15) is 14.7 Å². The number of carboxylic acid groups (broad SMARTS) is 1. The number of hydrogen-bond donors (Lipinski definition) is 1. The van der Waals surface area contributed by atoms with E-state index in [1.807, 2.05) is 12.1 Å². The van der Waals surface area contributed by atoms with Crippen LogP contribution in [-0.4, -0.2) is 21.9 Å². The third-order valence-corrected chi connectivity index (χ3v) is 4.64. The summed E-state index contributed by atoms with van der Waals surface area (Å²) < 4.78 is 0. The van der Waals surface area contributed by atoms with Crippen LogP contribution in [0.25, 0.3) is 0 Å². The van der Waals surface area contributed by atoms with Gasteiger partial charge in [-0.05, 0) is 41.0 Å². The molecule has 0 bridgehead atoms. The van der Waals surface area contributed by atoms with E-state index >= 15 is 0 Å². The van der Waals surface area contributed by atoms with E-state index in [0.717, 1.165) is 11.1 Å². The van der Waals surface area contributed by atoms with Crippen LogP contribution in [0.15, 0.2) is 42.5 Å². The Morgan fingerprint density at radius 2 is 1.62 bits per heavy atom. The first-order valence-electron chi connectivity index (χ1n) is 7.47. The minimum atomic E-state index is -1.01. The molecule has 2 aromatic carbocycles. The average Bonchev–Trinajstić information content (AvgIpc) is 2.96. The fourth-order valence-corrected chi connectivity index (χ4v) is 3.28. The quantitative estimate of drug-likeness (QED) is 0.889. The van der Waals surface area contributed by atoms with Gasteiger partial charge in [0, 0.05) is 23.1 Å². The van der Waals surface area contributed by atoms with Gasteiger partial charge in [0.2, 0.25) is 5.91 Å². The Morgan fingerprint density at radius 1 is 1.00 bits per heavy atom. The molecule has 1 aliphatic rings. The lowest BCUT2D eigenvalue weighted by Crippen LogP contribution is -2.32. The van der Waals surface area contributed by atoms with Crippen LogP contribution < -0.4 is 0 Å². The summed E-state index contributed by atoms with van der Waals surface area (Å²) in [5.74, 6) is -1.94. The number of rotatable bonds is 4. The van der Waals surface area contributed by atoms with E-state index in [2.05, 4.69) is 0 Å². The number of carbonyl (C=O) groups excluding carboxylic acids is 1. The summed E-state index contributed by atoms with van der Waals surface area (Å²) in [6.45, 7) is 0.910. The molecule has 1 aliphatic heterocycles. The van der Waals surface area contributed by atoms with Crippen molar-refractivity contribution in [2.75, 3.05) is 0 Å². The van der Waals surface area contributed by atoms with Crippen molar-refractivity contribution in [2.24, 2.45) is 0 Å². The molecule has 2 aromatic rings. The van der Waals surface area contributed by atoms with Crippen LogP contribution in [0.4, 0.5) is 0 Å². The predicted molar refractivity (Wildman–Crippen MR) is 92.2 cm³/mol. The van der Waals surface area contributed by atoms with E-state index in [4.69, 9.17) is 23.2 Å². The molecule has 0 saturated heterocycles. The highest BCUT2D eigenvalue weighted by Gasteiger charge is 2.31. The van der Waals surface area contributed by atoms with E-state index in [-0.39, 0.29) is 12.3 Å². The Kier molecular flexibility index (Phi) is 4.78. The van der Waals surface area contributed by atoms with Gasteiger partial charge in [-0.3, -0.25) is 9.59 Å². The van der Waals surface area contributed by atoms with Gasteiger partial charge in [-0.25, -0.2) is 0 Å². The molecule has 4 nitrogen and oxygen atoms in total. The minimum absolute atomic E-state index is 0.202. The zero-order chi connectivity index (χ0) is 17.3. The number of hydrogen-bond acceptors (Lipinski definition) is 2. The van der Waals surface area contributed by atoms with Crippen LogP contribution in [0, 0.1) is 0 Å². The molecule has 24 heavy (non-hydrogen) atoms. The first kappa shape index (κ1) is 16.8. The largest absolute Gasteiger partial charge is 0.481 e. The molecule has 0 aromatic heterocycles. The highest BCUT2D eigenvalue weighted by molar-refractivity contribution is 6.30. The highest BCUT2D eigenvalue weighted by atomic mass is 35.5. The molecule has 0 radical (unpaired) electrons. The molecule has 1 N–H and O–H groups in total. The fraction of sp³-hybridized carbons (Fsp3) is 0.222. The van der Waals surface area contributed by atoms with Crippen molar-refractivity contribution >= 4 is 35.1 Å². The fourth-order valence-electron chi connectivity index (χ4n) is 2.96. The lowest BCUT2D eigenvalue weighted by atomic mass is 9.94. The van der Waals surface area contributed by atoms with Gasteiger partial charge in [-0.1, -0.05) is 41.4 Å². The second-order valence-electron chi connectivity index (χ2n) is 5.81. The van der Waals surface area contributed by atoms with Crippen molar-refractivity contribution < 1.29 is 14.7 Å². The van der Waals surface area contributed by atoms with Gasteiger partial charge in [0.25, 0.3) is 0 Å². The Labute approximate surface area is 149 Å². The summed E-state index contributed by atoms with van der Waals surface area (Å²) in [4.78, 5) is 25.8. The topological polar surface area (TPSA) is 57.6 Å². The van der Waals surface area contributed by atoms with E-state index in [1.165, 1.54) is 0 Å². The van der Waals surface area contributed by atoms with Crippen LogP contribution in [0.3, 0.4) is 0 Å². The lowest BCUT2D eigenvalue weighted by Gasteiger charge is -2.22. The van der Waals surface area contributed by atoms with Gasteiger partial charge in [0.1, 0.15) is 0 Å². The predicted octanol–water partition coefficient (Wildman–Crippen LogP) is 4.09. The van der Waals surface area contributed by atoms with E-state index < -0.39 is 11.9 Å². The van der Waals surface area contributed by atoms with Crippen molar-refractivity contribution in [2.45, 2.75) is 25.4 Å². The van der Waals surface area contributed by atoms with Gasteiger partial charge in [0.15, 0.2) is 0 Å². The van der Waals surface area contributed by atoms with E-state index in [0.29, 0.717) is 28.7 Å². The molecule has 0 spiro atoms. The molecular formula is C18H15Cl2NO3. The zero-order valence-corrected chi connectivity index (χ0v) is 14.2. The Bertz CT molecular complexity index is 789. The standard InChI is InChI=1S/C18H15Cl2NO3/c19-14-4-1-11(2-5-14)16(8-17(22)23)18(24)21-9-12-3-6-15(20)7-13(12)10-21/h1-7,16H,8-10H2,(H,22,23). The number of aliphatic carboxylic acids is 1. The summed E-state index contributed by atoms with van der Waals surface area (Å²) >= 11 is 11.9. The van der Waals surface area contributed by atoms with Gasteiger partial charge < -0.3 is 10.0 Å². The van der Waals surface area contributed by atoms with Crippen LogP contribution >= 0.6 is 23.2 Å². The van der Waals surface area contributed by atoms with Crippen molar-refractivity contribution in [3.63, 3.8) is 0 Å². The molecule has 1 atom stereocenters. The van der Waals surface area contributed by atoms with Gasteiger partial charge in [0.05, 0.1) is 12.3 Å². The van der Waals surface area contributed by atoms with Crippen molar-refractivity contribution in [1.29, 1.82) is 0 Å². The van der Waals surface area contributed by atoms with Crippen molar-refractivity contribution in [1.82, 2.24) is 4.90 Å². The Morgan fingerprint density at radius 3 is 2.29 bits per heavy atom. The molecule has 3 rings (SSSR count). The van der Waals surface area contributed by atoms with Crippen molar-refractivity contribution in [3.05, 3.63) is 69.2 Å². The molecule has 6 heteroatoms. The molecule has 124 valence electrons. The number of halogens is 2. The smallest absolute Gasteiger partial charge is 0.304 e. The second-order valence-corrected chi connectivity index (χ2v) is 6.68. The SMILES string of the molecule is O=C(O)CC(C(=O)N1Cc2ccc(Cl)cc2C1)c1ccc(Cl)cc1. The summed E-state index contributed by atoms with van der Waals surface area (Å²) in [5.41, 5.74) is 2.69. The van der Waals surface area contributed by atoms with Crippen LogP contribution in [0.5, 0.6) is 0 Å². The number of carbonyl (C=O) groups is 2. The average molecular weight is 364 g/mol. The first-order chi connectivity index (χ1) is 11.4. The number of carboxylic acids is 1. The highest BCUT2D eigenvalue weighted by Crippen LogP contribution is 2.30. The van der Waals surface area contributed by atoms with Crippen molar-refractivity contribution in [3.8, 4) is 0 Å². The molecule has 1 heterocycles. The van der Waals surface area contributed by atoms with Gasteiger partial charge >= 0.3 is 5.97 Å². The van der Waals surface area contributed by atoms with Gasteiger partial charge in [-0.15, -0.1) is 0 Å². The minimum Gasteiger partial charge on any atom is -0.481 e. The molecular weight excluding hydrogens is 349 g/mol. The van der Waals surface area contributed by atoms with E-state index in [1.54, 1.807) is 35.2 Å². The summed E-state index contributed by atoms with van der Waals surface area (Å²) in [5, 5.41) is 10.4. The third-order valence-electron chi connectivity index (χ3n) is 4.15. The summed E-state index contributed by atoms with van der Waals surface area (Å²) in [7, 11) is 0. The molecule has 0 saturated carbocycles. The second kappa shape index (κ2) is 6.83. The van der Waals surface area contributed by atoms with Gasteiger partial charge in [-0.2, -0.15) is 0 Å². The third kappa shape index (κ3) is 3.55. The molecule has 0 fully saturated rings. The van der Waals surface area contributed by atoms with Crippen LogP contribution in [0.2, 0.25) is 10.0 Å². The maximum Gasteiger partial charge on any atom is 0.304 e. The Balaban J connectivity index is 1.84. The number of nitrogens with zero attached hydrogens (tertiary/aromatic N) is 1. The molecule has 1 unspecified atom stereocenters. The molecule has 0 aliphatic carbocycles. The Hall–Kier alpha value is -2.04. The number of amides is 1. The summed E-state index contributed by atoms with van der Waals surface area (Å²) in [6.07, 6.45) is -0.256. The monoisotopic (exact) mass is 363 g/mol. The lowest BCUT2D eigenvalue weighted by molar-refractivity contribution is -0.142. The zero-order valence-electron chi connectivity index (χ0n) is 12.7. The normalized spacial score (nSPS) is 14.3. The maximum absolute atomic E-state index is 12.9.